The van der Waals surface area contributed by atoms with Crippen LogP contribution < -0.4 is 4.90 Å². The zero-order valence-corrected chi connectivity index (χ0v) is 11.1. The highest BCUT2D eigenvalue weighted by Gasteiger charge is 2.29. The Hall–Kier alpha value is -1.49. The Balaban J connectivity index is 1.97. The van der Waals surface area contributed by atoms with Gasteiger partial charge in [-0.15, -0.1) is 0 Å². The molecule has 5 heteroatoms. The molecule has 1 aromatic heterocycles. The van der Waals surface area contributed by atoms with Crippen LogP contribution in [0, 0.1) is 5.92 Å². The molecule has 0 aliphatic carbocycles. The number of carbonyl (C=O) groups excluding carboxylic acids is 1. The van der Waals surface area contributed by atoms with Crippen LogP contribution in [-0.2, 0) is 11.8 Å². The minimum Gasteiger partial charge on any atom is -0.334 e. The van der Waals surface area contributed by atoms with Gasteiger partial charge in [0, 0.05) is 25.7 Å². The summed E-state index contributed by atoms with van der Waals surface area (Å²) in [6.45, 7) is 0.765. The van der Waals surface area contributed by atoms with Crippen molar-refractivity contribution in [1.82, 2.24) is 9.55 Å². The van der Waals surface area contributed by atoms with E-state index in [2.05, 4.69) is 17.6 Å². The molecular weight excluding hydrogens is 246 g/mol. The lowest BCUT2D eigenvalue weighted by molar-refractivity contribution is -0.117. The fourth-order valence-electron chi connectivity index (χ4n) is 2.45. The first-order valence-corrected chi connectivity index (χ1v) is 6.64. The maximum absolute atomic E-state index is 12.0. The summed E-state index contributed by atoms with van der Waals surface area (Å²) < 4.78 is 1.97. The molecular formula is C13H15N3OS. The number of hydrogen-bond acceptors (Lipinski definition) is 3. The van der Waals surface area contributed by atoms with Crippen molar-refractivity contribution in [3.63, 3.8) is 0 Å². The van der Waals surface area contributed by atoms with Gasteiger partial charge in [-0.1, -0.05) is 0 Å². The first-order valence-electron chi connectivity index (χ1n) is 6.01. The van der Waals surface area contributed by atoms with Crippen molar-refractivity contribution in [3.05, 3.63) is 24.5 Å². The number of imidazole rings is 1. The topological polar surface area (TPSA) is 38.1 Å². The molecule has 1 aliphatic rings. The highest BCUT2D eigenvalue weighted by molar-refractivity contribution is 7.80. The maximum atomic E-state index is 12.0. The quantitative estimate of drug-likeness (QED) is 0.838. The predicted molar refractivity (Wildman–Crippen MR) is 75.0 cm³/mol. The van der Waals surface area contributed by atoms with Crippen molar-refractivity contribution in [1.29, 1.82) is 0 Å². The molecule has 94 valence electrons. The highest BCUT2D eigenvalue weighted by Crippen LogP contribution is 2.27. The van der Waals surface area contributed by atoms with Crippen LogP contribution in [0.3, 0.4) is 0 Å². The monoisotopic (exact) mass is 261 g/mol. The molecule has 0 bridgehead atoms. The van der Waals surface area contributed by atoms with E-state index in [1.54, 1.807) is 6.33 Å². The number of rotatable bonds is 2. The second-order valence-electron chi connectivity index (χ2n) is 4.79. The van der Waals surface area contributed by atoms with Gasteiger partial charge in [-0.05, 0) is 29.9 Å². The molecule has 0 saturated carbocycles. The third kappa shape index (κ3) is 1.79. The second kappa shape index (κ2) is 4.31. The van der Waals surface area contributed by atoms with Crippen molar-refractivity contribution >= 4 is 35.3 Å². The number of carbonyl (C=O) groups is 1. The van der Waals surface area contributed by atoms with Crippen LogP contribution in [0.25, 0.3) is 11.0 Å². The smallest absolute Gasteiger partial charge is 0.227 e. The number of aromatic nitrogens is 2. The average molecular weight is 261 g/mol. The number of anilines is 1. The Morgan fingerprint density at radius 3 is 3.06 bits per heavy atom. The molecule has 1 aromatic carbocycles. The van der Waals surface area contributed by atoms with Crippen LogP contribution in [0.4, 0.5) is 5.69 Å². The van der Waals surface area contributed by atoms with Gasteiger partial charge in [-0.2, -0.15) is 12.6 Å². The van der Waals surface area contributed by atoms with Gasteiger partial charge in [-0.3, -0.25) is 4.79 Å². The molecule has 1 atom stereocenters. The van der Waals surface area contributed by atoms with Crippen molar-refractivity contribution < 1.29 is 4.79 Å². The molecule has 1 unspecified atom stereocenters. The summed E-state index contributed by atoms with van der Waals surface area (Å²) in [7, 11) is 1.97. The van der Waals surface area contributed by atoms with Gasteiger partial charge < -0.3 is 9.47 Å². The average Bonchev–Trinajstić information content (AvgIpc) is 2.93. The lowest BCUT2D eigenvalue weighted by Crippen LogP contribution is -2.24. The number of fused-ring (bicyclic) bond motifs is 1. The van der Waals surface area contributed by atoms with E-state index < -0.39 is 0 Å². The number of aryl methyl sites for hydroxylation is 1. The number of thiol groups is 1. The molecule has 3 rings (SSSR count). The summed E-state index contributed by atoms with van der Waals surface area (Å²) in [5.74, 6) is 1.30. The second-order valence-corrected chi connectivity index (χ2v) is 5.15. The summed E-state index contributed by atoms with van der Waals surface area (Å²) >= 11 is 4.28. The van der Waals surface area contributed by atoms with Crippen LogP contribution in [-0.4, -0.2) is 27.8 Å². The summed E-state index contributed by atoms with van der Waals surface area (Å²) in [5.41, 5.74) is 2.95. The third-order valence-corrected chi connectivity index (χ3v) is 4.00. The Labute approximate surface area is 111 Å². The van der Waals surface area contributed by atoms with Crippen molar-refractivity contribution in [3.8, 4) is 0 Å². The summed E-state index contributed by atoms with van der Waals surface area (Å²) in [6, 6.07) is 5.98. The molecule has 18 heavy (non-hydrogen) atoms. The van der Waals surface area contributed by atoms with Gasteiger partial charge >= 0.3 is 0 Å². The molecule has 1 aliphatic heterocycles. The molecule has 1 amide bonds. The lowest BCUT2D eigenvalue weighted by atomic mass is 10.1. The molecule has 4 nitrogen and oxygen atoms in total. The van der Waals surface area contributed by atoms with Crippen LogP contribution >= 0.6 is 12.6 Å². The number of nitrogens with zero attached hydrogens (tertiary/aromatic N) is 3. The van der Waals surface area contributed by atoms with E-state index in [0.717, 1.165) is 29.0 Å². The summed E-state index contributed by atoms with van der Waals surface area (Å²) in [4.78, 5) is 18.1. The zero-order valence-electron chi connectivity index (χ0n) is 10.2. The van der Waals surface area contributed by atoms with E-state index in [1.165, 1.54) is 0 Å². The number of hydrogen-bond donors (Lipinski definition) is 1. The summed E-state index contributed by atoms with van der Waals surface area (Å²) in [6.07, 6.45) is 2.39. The maximum Gasteiger partial charge on any atom is 0.227 e. The van der Waals surface area contributed by atoms with Gasteiger partial charge in [0.15, 0.2) is 0 Å². The SMILES string of the molecule is Cn1cnc2cc(N3CC(CS)CC3=O)ccc21. The van der Waals surface area contributed by atoms with Gasteiger partial charge in [0.25, 0.3) is 0 Å². The van der Waals surface area contributed by atoms with Gasteiger partial charge in [0.2, 0.25) is 5.91 Å². The first-order chi connectivity index (χ1) is 8.69. The molecule has 1 fully saturated rings. The van der Waals surface area contributed by atoms with E-state index in [9.17, 15) is 4.79 Å². The lowest BCUT2D eigenvalue weighted by Gasteiger charge is -2.16. The normalized spacial score (nSPS) is 20.0. The molecule has 0 spiro atoms. The van der Waals surface area contributed by atoms with Crippen LogP contribution in [0.2, 0.25) is 0 Å². The molecule has 2 aromatic rings. The van der Waals surface area contributed by atoms with Crippen LogP contribution in [0.15, 0.2) is 24.5 Å². The standard InChI is InChI=1S/C13H15N3OS/c1-15-8-14-11-5-10(2-3-12(11)15)16-6-9(7-18)4-13(16)17/h2-3,5,8-9,18H,4,6-7H2,1H3. The molecule has 0 N–H and O–H groups in total. The minimum absolute atomic E-state index is 0.185. The highest BCUT2D eigenvalue weighted by atomic mass is 32.1. The molecule has 2 heterocycles. The van der Waals surface area contributed by atoms with Crippen LogP contribution in [0.5, 0.6) is 0 Å². The Morgan fingerprint density at radius 2 is 2.33 bits per heavy atom. The van der Waals surface area contributed by atoms with E-state index in [4.69, 9.17) is 0 Å². The Kier molecular flexibility index (Phi) is 2.78. The third-order valence-electron chi connectivity index (χ3n) is 3.48. The van der Waals surface area contributed by atoms with Crippen molar-refractivity contribution in [2.45, 2.75) is 6.42 Å². The van der Waals surface area contributed by atoms with Gasteiger partial charge in [-0.25, -0.2) is 4.98 Å². The van der Waals surface area contributed by atoms with Crippen molar-refractivity contribution in [2.24, 2.45) is 13.0 Å². The van der Waals surface area contributed by atoms with E-state index >= 15 is 0 Å². The number of benzene rings is 1. The van der Waals surface area contributed by atoms with E-state index in [0.29, 0.717) is 12.3 Å². The van der Waals surface area contributed by atoms with Gasteiger partial charge in [0.05, 0.1) is 17.4 Å². The number of amides is 1. The first kappa shape index (κ1) is 11.6. The van der Waals surface area contributed by atoms with Crippen LogP contribution in [0.1, 0.15) is 6.42 Å². The molecule has 0 radical (unpaired) electrons. The summed E-state index contributed by atoms with van der Waals surface area (Å²) in [5, 5.41) is 0. The minimum atomic E-state index is 0.185. The Bertz CT molecular complexity index is 607. The fourth-order valence-corrected chi connectivity index (χ4v) is 2.69. The van der Waals surface area contributed by atoms with E-state index in [1.807, 2.05) is 34.7 Å². The van der Waals surface area contributed by atoms with Crippen molar-refractivity contribution in [2.75, 3.05) is 17.2 Å². The zero-order chi connectivity index (χ0) is 12.7. The van der Waals surface area contributed by atoms with E-state index in [-0.39, 0.29) is 5.91 Å². The predicted octanol–water partition coefficient (Wildman–Crippen LogP) is 1.86. The fraction of sp³-hybridized carbons (Fsp3) is 0.385. The van der Waals surface area contributed by atoms with Gasteiger partial charge in [0.1, 0.15) is 0 Å². The Morgan fingerprint density at radius 1 is 1.50 bits per heavy atom. The molecule has 1 saturated heterocycles. The largest absolute Gasteiger partial charge is 0.334 e.